The third kappa shape index (κ3) is 3.36. The van der Waals surface area contributed by atoms with Crippen LogP contribution in [-0.2, 0) is 5.41 Å². The fourth-order valence-corrected chi connectivity index (χ4v) is 4.60. The van der Waals surface area contributed by atoms with E-state index in [0.717, 1.165) is 22.7 Å². The quantitative estimate of drug-likeness (QED) is 0.596. The normalized spacial score (nSPS) is 16.2. The lowest BCUT2D eigenvalue weighted by Crippen LogP contribution is -2.32. The third-order valence-corrected chi connectivity index (χ3v) is 6.08. The molecule has 0 radical (unpaired) electrons. The lowest BCUT2D eigenvalue weighted by Gasteiger charge is -2.26. The second-order valence-corrected chi connectivity index (χ2v) is 9.10. The van der Waals surface area contributed by atoms with E-state index in [1.165, 1.54) is 10.5 Å². The Balaban J connectivity index is 1.78. The van der Waals surface area contributed by atoms with Gasteiger partial charge in [-0.05, 0) is 42.2 Å². The molecule has 1 aliphatic rings. The topological polar surface area (TPSA) is 51.4 Å². The number of benzene rings is 2. The average Bonchev–Trinajstić information content (AvgIpc) is 2.99. The maximum Gasteiger partial charge on any atom is 0.243 e. The number of nitrogens with zero attached hydrogens (tertiary/aromatic N) is 2. The predicted octanol–water partition coefficient (Wildman–Crippen LogP) is 5.97. The number of pyridine rings is 1. The minimum atomic E-state index is -0.222. The summed E-state index contributed by atoms with van der Waals surface area (Å²) in [5.74, 6) is 1.38. The monoisotopic (exact) mass is 391 g/mol. The van der Waals surface area contributed by atoms with Gasteiger partial charge < -0.3 is 15.4 Å². The van der Waals surface area contributed by atoms with Gasteiger partial charge >= 0.3 is 0 Å². The van der Waals surface area contributed by atoms with Gasteiger partial charge in [0.1, 0.15) is 16.9 Å². The van der Waals surface area contributed by atoms with Crippen LogP contribution < -0.4 is 15.4 Å². The summed E-state index contributed by atoms with van der Waals surface area (Å²) in [6, 6.07) is 18.3. The first-order valence-electron chi connectivity index (χ1n) is 9.40. The molecule has 0 aliphatic carbocycles. The summed E-state index contributed by atoms with van der Waals surface area (Å²) in [5.41, 5.74) is 10.6. The van der Waals surface area contributed by atoms with E-state index in [1.807, 2.05) is 30.3 Å². The highest BCUT2D eigenvalue weighted by Crippen LogP contribution is 2.49. The van der Waals surface area contributed by atoms with Crippen LogP contribution in [-0.4, -0.2) is 10.5 Å². The zero-order chi connectivity index (χ0) is 19.9. The standard InChI is InChI=1S/C23H25N3OS/c1-15-9-7-11-17-20(15)28-22(24)26(17)18-12-8-14-25-21(18)27-19-13-6-5-10-16(19)23(2,3)4/h5-14,22H,24H2,1-4H3. The maximum absolute atomic E-state index is 6.50. The zero-order valence-electron chi connectivity index (χ0n) is 16.6. The van der Waals surface area contributed by atoms with Crippen LogP contribution >= 0.6 is 11.8 Å². The van der Waals surface area contributed by atoms with E-state index in [-0.39, 0.29) is 10.9 Å². The van der Waals surface area contributed by atoms with Crippen molar-refractivity contribution in [3.05, 3.63) is 71.9 Å². The molecular formula is C23H25N3OS. The summed E-state index contributed by atoms with van der Waals surface area (Å²) in [4.78, 5) is 7.86. The highest BCUT2D eigenvalue weighted by molar-refractivity contribution is 8.00. The van der Waals surface area contributed by atoms with Crippen molar-refractivity contribution < 1.29 is 4.74 Å². The van der Waals surface area contributed by atoms with Crippen molar-refractivity contribution in [1.82, 2.24) is 4.98 Å². The van der Waals surface area contributed by atoms with Crippen LogP contribution in [0.5, 0.6) is 11.6 Å². The van der Waals surface area contributed by atoms with Crippen LogP contribution in [0, 0.1) is 6.92 Å². The fourth-order valence-electron chi connectivity index (χ4n) is 3.48. The Morgan fingerprint density at radius 2 is 1.75 bits per heavy atom. The lowest BCUT2D eigenvalue weighted by molar-refractivity contribution is 0.440. The Morgan fingerprint density at radius 1 is 1.00 bits per heavy atom. The number of rotatable bonds is 3. The Hall–Kier alpha value is -2.50. The minimum Gasteiger partial charge on any atom is -0.437 e. The van der Waals surface area contributed by atoms with Crippen LogP contribution in [0.15, 0.2) is 65.7 Å². The van der Waals surface area contributed by atoms with Crippen molar-refractivity contribution in [3.8, 4) is 11.6 Å². The number of anilines is 2. The smallest absolute Gasteiger partial charge is 0.243 e. The predicted molar refractivity (Wildman–Crippen MR) is 117 cm³/mol. The van der Waals surface area contributed by atoms with Crippen LogP contribution in [0.4, 0.5) is 11.4 Å². The fraction of sp³-hybridized carbons (Fsp3) is 0.261. The molecule has 1 atom stereocenters. The summed E-state index contributed by atoms with van der Waals surface area (Å²) in [6.45, 7) is 8.66. The van der Waals surface area contributed by atoms with Crippen molar-refractivity contribution in [2.75, 3.05) is 4.90 Å². The largest absolute Gasteiger partial charge is 0.437 e. The van der Waals surface area contributed by atoms with E-state index in [9.17, 15) is 0 Å². The molecule has 1 aromatic heterocycles. The molecule has 0 saturated carbocycles. The van der Waals surface area contributed by atoms with E-state index >= 15 is 0 Å². The van der Waals surface area contributed by atoms with E-state index < -0.39 is 0 Å². The molecule has 2 N–H and O–H groups in total. The molecule has 0 amide bonds. The number of ether oxygens (including phenoxy) is 1. The van der Waals surface area contributed by atoms with Gasteiger partial charge in [0.15, 0.2) is 0 Å². The van der Waals surface area contributed by atoms with Crippen LogP contribution in [0.2, 0.25) is 0 Å². The van der Waals surface area contributed by atoms with Crippen molar-refractivity contribution >= 4 is 23.1 Å². The van der Waals surface area contributed by atoms with E-state index in [2.05, 4.69) is 61.8 Å². The molecule has 144 valence electrons. The second-order valence-electron chi connectivity index (χ2n) is 7.98. The average molecular weight is 392 g/mol. The molecule has 4 nitrogen and oxygen atoms in total. The van der Waals surface area contributed by atoms with Gasteiger partial charge in [-0.3, -0.25) is 0 Å². The van der Waals surface area contributed by atoms with Gasteiger partial charge in [-0.15, -0.1) is 0 Å². The van der Waals surface area contributed by atoms with Crippen molar-refractivity contribution in [2.45, 2.75) is 43.5 Å². The van der Waals surface area contributed by atoms with Gasteiger partial charge in [-0.25, -0.2) is 4.98 Å². The molecule has 0 spiro atoms. The number of nitrogens with two attached hydrogens (primary N) is 1. The Kier molecular flexibility index (Phi) is 4.81. The van der Waals surface area contributed by atoms with Gasteiger partial charge in [-0.2, -0.15) is 0 Å². The Morgan fingerprint density at radius 3 is 2.54 bits per heavy atom. The number of aryl methyl sites for hydroxylation is 1. The van der Waals surface area contributed by atoms with Gasteiger partial charge in [0.2, 0.25) is 5.88 Å². The van der Waals surface area contributed by atoms with Crippen LogP contribution in [0.3, 0.4) is 0 Å². The van der Waals surface area contributed by atoms with Crippen LogP contribution in [0.25, 0.3) is 0 Å². The van der Waals surface area contributed by atoms with Gasteiger partial charge in [-0.1, -0.05) is 62.9 Å². The molecule has 0 fully saturated rings. The Labute approximate surface area is 170 Å². The highest BCUT2D eigenvalue weighted by atomic mass is 32.2. The first-order valence-corrected chi connectivity index (χ1v) is 10.3. The van der Waals surface area contributed by atoms with Crippen molar-refractivity contribution in [1.29, 1.82) is 0 Å². The van der Waals surface area contributed by atoms with Crippen molar-refractivity contribution in [3.63, 3.8) is 0 Å². The van der Waals surface area contributed by atoms with E-state index in [1.54, 1.807) is 18.0 Å². The summed E-state index contributed by atoms with van der Waals surface area (Å²) < 4.78 is 6.36. The number of thioether (sulfide) groups is 1. The molecule has 1 aliphatic heterocycles. The van der Waals surface area contributed by atoms with E-state index in [0.29, 0.717) is 5.88 Å². The molecule has 28 heavy (non-hydrogen) atoms. The molecule has 2 heterocycles. The summed E-state index contributed by atoms with van der Waals surface area (Å²) >= 11 is 1.66. The number of aromatic nitrogens is 1. The SMILES string of the molecule is Cc1cccc2c1SC(N)N2c1cccnc1Oc1ccccc1C(C)(C)C. The van der Waals surface area contributed by atoms with Crippen molar-refractivity contribution in [2.24, 2.45) is 5.73 Å². The maximum atomic E-state index is 6.50. The van der Waals surface area contributed by atoms with Gasteiger partial charge in [0.25, 0.3) is 0 Å². The molecule has 5 heteroatoms. The molecule has 3 aromatic rings. The summed E-state index contributed by atoms with van der Waals surface area (Å²) in [7, 11) is 0. The first-order chi connectivity index (χ1) is 13.4. The van der Waals surface area contributed by atoms with Crippen LogP contribution in [0.1, 0.15) is 31.9 Å². The second kappa shape index (κ2) is 7.15. The third-order valence-electron chi connectivity index (χ3n) is 4.86. The summed E-state index contributed by atoms with van der Waals surface area (Å²) in [5, 5.41) is 0. The molecule has 0 saturated heterocycles. The summed E-state index contributed by atoms with van der Waals surface area (Å²) in [6.07, 6.45) is 1.75. The van der Waals surface area contributed by atoms with Gasteiger partial charge in [0, 0.05) is 16.7 Å². The number of hydrogen-bond donors (Lipinski definition) is 1. The first kappa shape index (κ1) is 18.8. The number of fused-ring (bicyclic) bond motifs is 1. The highest BCUT2D eigenvalue weighted by Gasteiger charge is 2.32. The lowest BCUT2D eigenvalue weighted by atomic mass is 9.86. The van der Waals surface area contributed by atoms with E-state index in [4.69, 9.17) is 10.5 Å². The molecule has 2 aromatic carbocycles. The number of para-hydroxylation sites is 1. The zero-order valence-corrected chi connectivity index (χ0v) is 17.5. The molecule has 1 unspecified atom stereocenters. The number of hydrogen-bond acceptors (Lipinski definition) is 5. The Bertz CT molecular complexity index is 1010. The van der Waals surface area contributed by atoms with Gasteiger partial charge in [0.05, 0.1) is 5.69 Å². The molecule has 0 bridgehead atoms. The minimum absolute atomic E-state index is 0.0326. The molecule has 4 rings (SSSR count). The molecular weight excluding hydrogens is 366 g/mol.